The van der Waals surface area contributed by atoms with Crippen molar-refractivity contribution < 1.29 is 18.0 Å². The maximum Gasteiger partial charge on any atom is 0.431 e. The maximum absolute atomic E-state index is 12.8. The molecule has 3 rings (SSSR count). The lowest BCUT2D eigenvalue weighted by molar-refractivity contribution is -0.141. The molecule has 150 valence electrons. The third-order valence-electron chi connectivity index (χ3n) is 4.73. The standard InChI is InChI=1S/C22H19F3N2O2/c1-13-8-9-16(12-14(13)2)19(15-6-4-3-5-7-15)27-21(29)17-10-11-18(22(23,24)25)26-20(17)28/h3-12,19H,1-2H3,(H,26,28)(H,27,29)/t19-/m1/s1. The highest BCUT2D eigenvalue weighted by Gasteiger charge is 2.32. The number of aromatic nitrogens is 1. The van der Waals surface area contributed by atoms with Gasteiger partial charge in [-0.05, 0) is 48.2 Å². The Morgan fingerprint density at radius 2 is 1.62 bits per heavy atom. The van der Waals surface area contributed by atoms with E-state index in [1.807, 2.05) is 62.4 Å². The third-order valence-corrected chi connectivity index (χ3v) is 4.73. The van der Waals surface area contributed by atoms with Crippen LogP contribution in [0.25, 0.3) is 0 Å². The van der Waals surface area contributed by atoms with Crippen LogP contribution in [0.2, 0.25) is 0 Å². The second kappa shape index (κ2) is 7.95. The monoisotopic (exact) mass is 400 g/mol. The first-order valence-electron chi connectivity index (χ1n) is 8.90. The number of aryl methyl sites for hydroxylation is 2. The molecule has 1 amide bonds. The van der Waals surface area contributed by atoms with Gasteiger partial charge in [0.2, 0.25) is 0 Å². The van der Waals surface area contributed by atoms with Crippen LogP contribution in [0.3, 0.4) is 0 Å². The number of carbonyl (C=O) groups is 1. The molecular formula is C22H19F3N2O2. The van der Waals surface area contributed by atoms with Crippen molar-refractivity contribution in [2.75, 3.05) is 0 Å². The summed E-state index contributed by atoms with van der Waals surface area (Å²) < 4.78 is 38.3. The third kappa shape index (κ3) is 4.56. The van der Waals surface area contributed by atoms with Crippen molar-refractivity contribution in [3.63, 3.8) is 0 Å². The van der Waals surface area contributed by atoms with Crippen molar-refractivity contribution in [2.45, 2.75) is 26.1 Å². The van der Waals surface area contributed by atoms with E-state index in [-0.39, 0.29) is 5.56 Å². The van der Waals surface area contributed by atoms with Gasteiger partial charge in [-0.3, -0.25) is 9.59 Å². The average Bonchev–Trinajstić information content (AvgIpc) is 2.68. The molecule has 3 aromatic rings. The molecule has 2 N–H and O–H groups in total. The summed E-state index contributed by atoms with van der Waals surface area (Å²) in [5.74, 6) is -0.757. The number of amides is 1. The minimum Gasteiger partial charge on any atom is -0.341 e. The molecule has 0 aliphatic heterocycles. The van der Waals surface area contributed by atoms with E-state index in [9.17, 15) is 22.8 Å². The molecule has 1 atom stereocenters. The molecule has 0 radical (unpaired) electrons. The highest BCUT2D eigenvalue weighted by atomic mass is 19.4. The van der Waals surface area contributed by atoms with Crippen molar-refractivity contribution in [3.05, 3.63) is 105 Å². The zero-order valence-corrected chi connectivity index (χ0v) is 15.8. The van der Waals surface area contributed by atoms with Crippen molar-refractivity contribution in [1.29, 1.82) is 0 Å². The Labute approximate surface area is 165 Å². The van der Waals surface area contributed by atoms with E-state index in [2.05, 4.69) is 5.32 Å². The first-order valence-corrected chi connectivity index (χ1v) is 8.90. The van der Waals surface area contributed by atoms with Gasteiger partial charge in [0, 0.05) is 0 Å². The van der Waals surface area contributed by atoms with Gasteiger partial charge in [0.15, 0.2) is 0 Å². The Bertz CT molecular complexity index is 1090. The smallest absolute Gasteiger partial charge is 0.341 e. The fourth-order valence-corrected chi connectivity index (χ4v) is 2.98. The molecule has 29 heavy (non-hydrogen) atoms. The Morgan fingerprint density at radius 1 is 0.931 bits per heavy atom. The molecule has 0 spiro atoms. The van der Waals surface area contributed by atoms with Gasteiger partial charge in [0.1, 0.15) is 11.3 Å². The van der Waals surface area contributed by atoms with Crippen molar-refractivity contribution in [3.8, 4) is 0 Å². The van der Waals surface area contributed by atoms with Gasteiger partial charge in [-0.1, -0.05) is 48.5 Å². The van der Waals surface area contributed by atoms with Crippen LogP contribution in [0.5, 0.6) is 0 Å². The van der Waals surface area contributed by atoms with E-state index in [4.69, 9.17) is 0 Å². The number of pyridine rings is 1. The highest BCUT2D eigenvalue weighted by Crippen LogP contribution is 2.27. The molecule has 1 aromatic heterocycles. The fraction of sp³-hybridized carbons (Fsp3) is 0.182. The highest BCUT2D eigenvalue weighted by molar-refractivity contribution is 5.94. The first kappa shape index (κ1) is 20.4. The van der Waals surface area contributed by atoms with Crippen LogP contribution in [0, 0.1) is 13.8 Å². The number of nitrogens with one attached hydrogen (secondary N) is 2. The molecule has 0 fully saturated rings. The van der Waals surface area contributed by atoms with Gasteiger partial charge >= 0.3 is 6.18 Å². The molecule has 7 heteroatoms. The molecule has 1 heterocycles. The maximum atomic E-state index is 12.8. The van der Waals surface area contributed by atoms with Gasteiger partial charge in [0.05, 0.1) is 6.04 Å². The number of alkyl halides is 3. The summed E-state index contributed by atoms with van der Waals surface area (Å²) in [7, 11) is 0. The Balaban J connectivity index is 1.97. The van der Waals surface area contributed by atoms with Crippen molar-refractivity contribution >= 4 is 5.91 Å². The lowest BCUT2D eigenvalue weighted by Crippen LogP contribution is -2.34. The summed E-state index contributed by atoms with van der Waals surface area (Å²) in [6, 6.07) is 15.9. The van der Waals surface area contributed by atoms with Crippen LogP contribution >= 0.6 is 0 Å². The summed E-state index contributed by atoms with van der Waals surface area (Å²) >= 11 is 0. The molecular weight excluding hydrogens is 381 g/mol. The van der Waals surface area contributed by atoms with Crippen molar-refractivity contribution in [1.82, 2.24) is 10.3 Å². The van der Waals surface area contributed by atoms with Crippen molar-refractivity contribution in [2.24, 2.45) is 0 Å². The van der Waals surface area contributed by atoms with E-state index in [1.54, 1.807) is 4.98 Å². The Morgan fingerprint density at radius 3 is 2.21 bits per heavy atom. The Hall–Kier alpha value is -3.35. The predicted octanol–water partition coefficient (Wildman–Crippen LogP) is 4.53. The number of hydrogen-bond donors (Lipinski definition) is 2. The molecule has 2 aromatic carbocycles. The number of halogens is 3. The summed E-state index contributed by atoms with van der Waals surface area (Å²) in [6.07, 6.45) is -4.69. The quantitative estimate of drug-likeness (QED) is 0.676. The van der Waals surface area contributed by atoms with E-state index >= 15 is 0 Å². The summed E-state index contributed by atoms with van der Waals surface area (Å²) in [5, 5.41) is 2.77. The average molecular weight is 400 g/mol. The van der Waals surface area contributed by atoms with Gasteiger partial charge < -0.3 is 10.3 Å². The zero-order valence-electron chi connectivity index (χ0n) is 15.8. The summed E-state index contributed by atoms with van der Waals surface area (Å²) in [6.45, 7) is 3.92. The Kier molecular flexibility index (Phi) is 5.59. The van der Waals surface area contributed by atoms with E-state index in [0.717, 1.165) is 28.3 Å². The SMILES string of the molecule is Cc1ccc([C@H](NC(=O)c2ccc(C(F)(F)F)[nH]c2=O)c2ccccc2)cc1C. The van der Waals surface area contributed by atoms with Crippen LogP contribution in [-0.4, -0.2) is 10.9 Å². The largest absolute Gasteiger partial charge is 0.431 e. The normalized spacial score (nSPS) is 12.4. The molecule has 0 saturated carbocycles. The number of carbonyl (C=O) groups excluding carboxylic acids is 1. The van der Waals surface area contributed by atoms with Crippen LogP contribution < -0.4 is 10.9 Å². The van der Waals surface area contributed by atoms with Crippen LogP contribution in [-0.2, 0) is 6.18 Å². The summed E-state index contributed by atoms with van der Waals surface area (Å²) in [4.78, 5) is 26.5. The molecule has 0 unspecified atom stereocenters. The second-order valence-electron chi connectivity index (χ2n) is 6.77. The molecule has 0 aliphatic rings. The molecule has 4 nitrogen and oxygen atoms in total. The second-order valence-corrected chi connectivity index (χ2v) is 6.77. The molecule has 0 bridgehead atoms. The topological polar surface area (TPSA) is 62.0 Å². The summed E-state index contributed by atoms with van der Waals surface area (Å²) in [5.41, 5.74) is 1.03. The van der Waals surface area contributed by atoms with Crippen LogP contribution in [0.15, 0.2) is 65.5 Å². The number of H-pyrrole nitrogens is 1. The fourth-order valence-electron chi connectivity index (χ4n) is 2.98. The van der Waals surface area contributed by atoms with Crippen LogP contribution in [0.1, 0.15) is 44.3 Å². The molecule has 0 saturated heterocycles. The van der Waals surface area contributed by atoms with Gasteiger partial charge in [-0.2, -0.15) is 13.2 Å². The number of rotatable bonds is 4. The first-order chi connectivity index (χ1) is 13.7. The van der Waals surface area contributed by atoms with E-state index in [0.29, 0.717) is 6.07 Å². The minimum absolute atomic E-state index is 0.386. The zero-order chi connectivity index (χ0) is 21.2. The van der Waals surface area contributed by atoms with Gasteiger partial charge in [-0.25, -0.2) is 0 Å². The van der Waals surface area contributed by atoms with Gasteiger partial charge in [-0.15, -0.1) is 0 Å². The number of aromatic amines is 1. The molecule has 0 aliphatic carbocycles. The lowest BCUT2D eigenvalue weighted by atomic mass is 9.95. The lowest BCUT2D eigenvalue weighted by Gasteiger charge is -2.21. The van der Waals surface area contributed by atoms with E-state index in [1.165, 1.54) is 0 Å². The van der Waals surface area contributed by atoms with Crippen LogP contribution in [0.4, 0.5) is 13.2 Å². The van der Waals surface area contributed by atoms with Gasteiger partial charge in [0.25, 0.3) is 11.5 Å². The number of hydrogen-bond acceptors (Lipinski definition) is 2. The van der Waals surface area contributed by atoms with E-state index < -0.39 is 29.4 Å². The predicted molar refractivity (Wildman–Crippen MR) is 104 cm³/mol. The number of benzene rings is 2. The minimum atomic E-state index is -4.69.